The zero-order valence-corrected chi connectivity index (χ0v) is 17.0. The van der Waals surface area contributed by atoms with Gasteiger partial charge in [-0.15, -0.1) is 0 Å². The van der Waals surface area contributed by atoms with E-state index in [2.05, 4.69) is 5.43 Å². The molecule has 1 N–H and O–H groups in total. The molecule has 1 aromatic rings. The smallest absolute Gasteiger partial charge is 0.251 e. The Hall–Kier alpha value is -2.61. The van der Waals surface area contributed by atoms with E-state index in [9.17, 15) is 14.0 Å². The van der Waals surface area contributed by atoms with Crippen LogP contribution in [0.15, 0.2) is 36.7 Å². The maximum Gasteiger partial charge on any atom is 0.251 e. The first-order chi connectivity index (χ1) is 14.6. The van der Waals surface area contributed by atoms with Gasteiger partial charge in [-0.2, -0.15) is 0 Å². The summed E-state index contributed by atoms with van der Waals surface area (Å²) >= 11 is 0. The van der Waals surface area contributed by atoms with E-state index in [1.165, 1.54) is 12.5 Å². The van der Waals surface area contributed by atoms with Gasteiger partial charge < -0.3 is 19.7 Å². The number of carbonyl (C=O) groups is 2. The summed E-state index contributed by atoms with van der Waals surface area (Å²) in [6, 6.07) is 6.88. The van der Waals surface area contributed by atoms with E-state index in [1.807, 2.05) is 22.2 Å². The number of para-hydroxylation sites is 1. The first-order valence-corrected chi connectivity index (χ1v) is 10.9. The first kappa shape index (κ1) is 19.4. The van der Waals surface area contributed by atoms with Crippen molar-refractivity contribution in [2.45, 2.75) is 37.8 Å². The minimum Gasteiger partial charge on any atom is -0.366 e. The fourth-order valence-corrected chi connectivity index (χ4v) is 5.29. The lowest BCUT2D eigenvalue weighted by Gasteiger charge is -2.38. The van der Waals surface area contributed by atoms with E-state index in [0.29, 0.717) is 43.8 Å². The second kappa shape index (κ2) is 7.91. The van der Waals surface area contributed by atoms with Crippen LogP contribution in [0.3, 0.4) is 0 Å². The standard InChI is InChI=1S/C22H28FN5O2/c23-17-6-2-4-8-19(17)25-9-11-26(12-10-25)20(29)15-27-13-14-28-21(22(27)30)16-5-1-3-7-18(16)24-28/h2,4,6,8,13-14,16,18,21,24H,1,3,5,7,9-12,15H2. The number of nitrogens with one attached hydrogen (secondary N) is 1. The molecule has 0 radical (unpaired) electrons. The Balaban J connectivity index is 1.19. The summed E-state index contributed by atoms with van der Waals surface area (Å²) in [5.74, 6) is 0.0358. The van der Waals surface area contributed by atoms with Crippen LogP contribution in [0.4, 0.5) is 10.1 Å². The summed E-state index contributed by atoms with van der Waals surface area (Å²) in [4.78, 5) is 31.3. The predicted octanol–water partition coefficient (Wildman–Crippen LogP) is 1.54. The van der Waals surface area contributed by atoms with Crippen LogP contribution in [-0.2, 0) is 9.59 Å². The molecule has 1 aliphatic carbocycles. The molecular weight excluding hydrogens is 385 g/mol. The molecule has 3 heterocycles. The average Bonchev–Trinajstić information content (AvgIpc) is 3.15. The Bertz CT molecular complexity index is 854. The Morgan fingerprint density at radius 2 is 1.83 bits per heavy atom. The van der Waals surface area contributed by atoms with Gasteiger partial charge in [0.25, 0.3) is 5.91 Å². The van der Waals surface area contributed by atoms with E-state index in [1.54, 1.807) is 28.1 Å². The monoisotopic (exact) mass is 413 g/mol. The molecule has 3 fully saturated rings. The van der Waals surface area contributed by atoms with Crippen molar-refractivity contribution in [3.05, 3.63) is 42.5 Å². The highest BCUT2D eigenvalue weighted by Crippen LogP contribution is 2.36. The number of anilines is 1. The van der Waals surface area contributed by atoms with Gasteiger partial charge in [0, 0.05) is 50.5 Å². The van der Waals surface area contributed by atoms with Gasteiger partial charge in [-0.1, -0.05) is 25.0 Å². The van der Waals surface area contributed by atoms with Crippen molar-refractivity contribution in [3.8, 4) is 0 Å². The second-order valence-corrected chi connectivity index (χ2v) is 8.62. The molecular formula is C22H28FN5O2. The molecule has 0 bridgehead atoms. The van der Waals surface area contributed by atoms with Crippen molar-refractivity contribution >= 4 is 17.5 Å². The maximum absolute atomic E-state index is 14.0. The van der Waals surface area contributed by atoms with Crippen LogP contribution < -0.4 is 10.3 Å². The molecule has 2 saturated heterocycles. The van der Waals surface area contributed by atoms with Crippen molar-refractivity contribution in [1.82, 2.24) is 20.2 Å². The number of nitrogens with zero attached hydrogens (tertiary/aromatic N) is 4. The van der Waals surface area contributed by atoms with Gasteiger partial charge in [0.1, 0.15) is 18.4 Å². The Morgan fingerprint density at radius 1 is 1.07 bits per heavy atom. The van der Waals surface area contributed by atoms with Crippen molar-refractivity contribution < 1.29 is 14.0 Å². The normalized spacial score (nSPS) is 28.6. The summed E-state index contributed by atoms with van der Waals surface area (Å²) in [7, 11) is 0. The lowest BCUT2D eigenvalue weighted by atomic mass is 9.81. The van der Waals surface area contributed by atoms with Crippen LogP contribution in [-0.4, -0.2) is 71.4 Å². The molecule has 160 valence electrons. The number of carbonyl (C=O) groups excluding carboxylic acids is 2. The minimum absolute atomic E-state index is 0.0118. The number of piperazine rings is 1. The summed E-state index contributed by atoms with van der Waals surface area (Å²) < 4.78 is 14.0. The fourth-order valence-electron chi connectivity index (χ4n) is 5.29. The Kier molecular flexibility index (Phi) is 5.10. The number of rotatable bonds is 3. The number of fused-ring (bicyclic) bond motifs is 3. The maximum atomic E-state index is 14.0. The SMILES string of the molecule is O=C1C2C3CCCCC3NN2C=CN1CC(=O)N1CCN(c2ccccc2F)CC1. The fraction of sp³-hybridized carbons (Fsp3) is 0.545. The molecule has 3 unspecified atom stereocenters. The zero-order valence-electron chi connectivity index (χ0n) is 17.0. The largest absolute Gasteiger partial charge is 0.366 e. The van der Waals surface area contributed by atoms with Crippen molar-refractivity contribution in [3.63, 3.8) is 0 Å². The average molecular weight is 413 g/mol. The molecule has 1 saturated carbocycles. The summed E-state index contributed by atoms with van der Waals surface area (Å²) in [6.07, 6.45) is 8.13. The van der Waals surface area contributed by atoms with E-state index in [-0.39, 0.29) is 30.2 Å². The molecule has 4 aliphatic rings. The quantitative estimate of drug-likeness (QED) is 0.815. The number of amides is 2. The third-order valence-corrected chi connectivity index (χ3v) is 6.91. The predicted molar refractivity (Wildman–Crippen MR) is 111 cm³/mol. The Labute approximate surface area is 176 Å². The summed E-state index contributed by atoms with van der Waals surface area (Å²) in [5, 5.41) is 1.94. The molecule has 7 nitrogen and oxygen atoms in total. The van der Waals surface area contributed by atoms with Crippen LogP contribution in [0.2, 0.25) is 0 Å². The van der Waals surface area contributed by atoms with Gasteiger partial charge in [-0.05, 0) is 25.0 Å². The van der Waals surface area contributed by atoms with E-state index < -0.39 is 0 Å². The van der Waals surface area contributed by atoms with Gasteiger partial charge >= 0.3 is 0 Å². The van der Waals surface area contributed by atoms with Crippen LogP contribution >= 0.6 is 0 Å². The highest BCUT2D eigenvalue weighted by molar-refractivity contribution is 5.89. The minimum atomic E-state index is -0.239. The molecule has 30 heavy (non-hydrogen) atoms. The highest BCUT2D eigenvalue weighted by Gasteiger charge is 2.48. The number of hydrogen-bond donors (Lipinski definition) is 1. The third-order valence-electron chi connectivity index (χ3n) is 6.91. The highest BCUT2D eigenvalue weighted by atomic mass is 19.1. The van der Waals surface area contributed by atoms with Crippen molar-refractivity contribution in [2.75, 3.05) is 37.6 Å². The van der Waals surface area contributed by atoms with Crippen LogP contribution in [0, 0.1) is 11.7 Å². The second-order valence-electron chi connectivity index (χ2n) is 8.62. The van der Waals surface area contributed by atoms with Gasteiger partial charge in [0.05, 0.1) is 5.69 Å². The first-order valence-electron chi connectivity index (χ1n) is 10.9. The molecule has 3 atom stereocenters. The number of benzene rings is 1. The van der Waals surface area contributed by atoms with Crippen molar-refractivity contribution in [1.29, 1.82) is 0 Å². The summed E-state index contributed by atoms with van der Waals surface area (Å²) in [6.45, 7) is 2.29. The lowest BCUT2D eigenvalue weighted by Crippen LogP contribution is -2.54. The molecule has 5 rings (SSSR count). The molecule has 0 spiro atoms. The molecule has 2 amide bonds. The zero-order chi connectivity index (χ0) is 20.7. The van der Waals surface area contributed by atoms with Gasteiger partial charge in [-0.3, -0.25) is 9.59 Å². The lowest BCUT2D eigenvalue weighted by molar-refractivity contribution is -0.142. The number of hydrazine groups is 1. The van der Waals surface area contributed by atoms with Crippen molar-refractivity contribution in [2.24, 2.45) is 5.92 Å². The van der Waals surface area contributed by atoms with Crippen LogP contribution in [0.5, 0.6) is 0 Å². The molecule has 8 heteroatoms. The van der Waals surface area contributed by atoms with Gasteiger partial charge in [0.15, 0.2) is 0 Å². The van der Waals surface area contributed by atoms with E-state index in [0.717, 1.165) is 19.3 Å². The van der Waals surface area contributed by atoms with E-state index in [4.69, 9.17) is 0 Å². The van der Waals surface area contributed by atoms with Gasteiger partial charge in [0.2, 0.25) is 5.91 Å². The van der Waals surface area contributed by atoms with E-state index >= 15 is 0 Å². The number of hydrogen-bond acceptors (Lipinski definition) is 5. The molecule has 0 aromatic heterocycles. The summed E-state index contributed by atoms with van der Waals surface area (Å²) in [5.41, 5.74) is 4.03. The topological polar surface area (TPSA) is 59.1 Å². The molecule has 1 aromatic carbocycles. The van der Waals surface area contributed by atoms with Gasteiger partial charge in [-0.25, -0.2) is 9.82 Å². The third kappa shape index (κ3) is 3.43. The number of halogens is 1. The van der Waals surface area contributed by atoms with Crippen LogP contribution in [0.25, 0.3) is 0 Å². The molecule has 3 aliphatic heterocycles. The Morgan fingerprint density at radius 3 is 2.63 bits per heavy atom. The van der Waals surface area contributed by atoms with Crippen LogP contribution in [0.1, 0.15) is 25.7 Å².